The van der Waals surface area contributed by atoms with E-state index in [-0.39, 0.29) is 0 Å². The predicted molar refractivity (Wildman–Crippen MR) is 131 cm³/mol. The molecule has 3 aromatic carbocycles. The highest BCUT2D eigenvalue weighted by atomic mass is 16.5. The molecule has 0 atom stereocenters. The maximum atomic E-state index is 5.76. The Labute approximate surface area is 187 Å². The van der Waals surface area contributed by atoms with Crippen molar-refractivity contribution in [3.63, 3.8) is 0 Å². The van der Waals surface area contributed by atoms with Crippen molar-refractivity contribution in [2.45, 2.75) is 38.8 Å². The molecule has 0 aliphatic carbocycles. The lowest BCUT2D eigenvalue weighted by Gasteiger charge is -2.21. The van der Waals surface area contributed by atoms with Gasteiger partial charge in [-0.3, -0.25) is 0 Å². The zero-order valence-electron chi connectivity index (χ0n) is 18.3. The molecule has 0 spiro atoms. The third-order valence-corrected chi connectivity index (χ3v) is 5.12. The average molecular weight is 412 g/mol. The molecule has 0 aromatic heterocycles. The van der Waals surface area contributed by atoms with E-state index in [9.17, 15) is 0 Å². The topological polar surface area (TPSA) is 12.5 Å². The van der Waals surface area contributed by atoms with E-state index in [1.54, 1.807) is 0 Å². The minimum absolute atomic E-state index is 0.743. The summed E-state index contributed by atoms with van der Waals surface area (Å²) in [5.74, 6) is 0.945. The van der Waals surface area contributed by atoms with Gasteiger partial charge in [0.15, 0.2) is 0 Å². The number of hydrogen-bond donors (Lipinski definition) is 0. The summed E-state index contributed by atoms with van der Waals surface area (Å²) >= 11 is 0. The Morgan fingerprint density at radius 1 is 0.710 bits per heavy atom. The molecular formula is C29H33NO. The van der Waals surface area contributed by atoms with Gasteiger partial charge in [-0.1, -0.05) is 84.9 Å². The molecule has 2 heteroatoms. The summed E-state index contributed by atoms with van der Waals surface area (Å²) in [6.07, 6.45) is 10.5. The van der Waals surface area contributed by atoms with Crippen molar-refractivity contribution >= 4 is 0 Å². The van der Waals surface area contributed by atoms with Crippen molar-refractivity contribution in [1.29, 1.82) is 0 Å². The van der Waals surface area contributed by atoms with Crippen LogP contribution in [0, 0.1) is 0 Å². The summed E-state index contributed by atoms with van der Waals surface area (Å²) in [5, 5.41) is 0. The first kappa shape index (κ1) is 22.4. The number of ether oxygens (including phenoxy) is 1. The first-order chi connectivity index (χ1) is 15.3. The van der Waals surface area contributed by atoms with Gasteiger partial charge >= 0.3 is 0 Å². The number of aryl methyl sites for hydroxylation is 1. The summed E-state index contributed by atoms with van der Waals surface area (Å²) in [6, 6.07) is 29.8. The molecule has 0 aliphatic heterocycles. The maximum absolute atomic E-state index is 5.76. The fourth-order valence-corrected chi connectivity index (χ4v) is 3.44. The fourth-order valence-electron chi connectivity index (χ4n) is 3.44. The molecule has 160 valence electrons. The molecule has 3 rings (SSSR count). The standard InChI is InChI=1S/C29H33NO/c1-2-3-12-23-31-29-20-18-26(19-21-29)13-10-11-22-30(24-27-14-6-4-7-15-27)25-28-16-8-5-9-17-28/h2,4-9,11,14-22H,1,3,10,12-13,23-25H2/b22-11+. The van der Waals surface area contributed by atoms with Gasteiger partial charge in [0, 0.05) is 13.1 Å². The Morgan fingerprint density at radius 3 is 1.90 bits per heavy atom. The van der Waals surface area contributed by atoms with E-state index in [1.165, 1.54) is 16.7 Å². The molecule has 0 bridgehead atoms. The summed E-state index contributed by atoms with van der Waals surface area (Å²) < 4.78 is 5.76. The second-order valence-electron chi connectivity index (χ2n) is 7.72. The summed E-state index contributed by atoms with van der Waals surface area (Å²) in [7, 11) is 0. The number of nitrogens with zero attached hydrogens (tertiary/aromatic N) is 1. The smallest absolute Gasteiger partial charge is 0.119 e. The lowest BCUT2D eigenvalue weighted by atomic mass is 10.1. The van der Waals surface area contributed by atoms with E-state index in [1.807, 2.05) is 6.08 Å². The molecule has 0 unspecified atom stereocenters. The minimum atomic E-state index is 0.743. The van der Waals surface area contributed by atoms with Crippen LogP contribution in [0.4, 0.5) is 0 Å². The Morgan fingerprint density at radius 2 is 1.32 bits per heavy atom. The van der Waals surface area contributed by atoms with E-state index in [0.717, 1.165) is 51.1 Å². The van der Waals surface area contributed by atoms with Crippen LogP contribution in [0.2, 0.25) is 0 Å². The van der Waals surface area contributed by atoms with Crippen molar-refractivity contribution in [1.82, 2.24) is 4.90 Å². The zero-order valence-corrected chi connectivity index (χ0v) is 18.3. The van der Waals surface area contributed by atoms with Crippen molar-refractivity contribution in [3.05, 3.63) is 127 Å². The van der Waals surface area contributed by atoms with Gasteiger partial charge in [-0.25, -0.2) is 0 Å². The SMILES string of the molecule is C=CCCCOc1ccc(CC/C=C/N(Cc2ccccc2)Cc2ccccc2)cc1. The van der Waals surface area contributed by atoms with Gasteiger partial charge in [0.1, 0.15) is 5.75 Å². The highest BCUT2D eigenvalue weighted by Gasteiger charge is 2.03. The van der Waals surface area contributed by atoms with Gasteiger partial charge < -0.3 is 9.64 Å². The molecule has 2 nitrogen and oxygen atoms in total. The van der Waals surface area contributed by atoms with Gasteiger partial charge in [-0.05, 0) is 60.7 Å². The lowest BCUT2D eigenvalue weighted by molar-refractivity contribution is 0.312. The van der Waals surface area contributed by atoms with Crippen LogP contribution in [-0.2, 0) is 19.5 Å². The van der Waals surface area contributed by atoms with Crippen LogP contribution >= 0.6 is 0 Å². The molecule has 0 aliphatic rings. The second kappa shape index (κ2) is 13.1. The monoisotopic (exact) mass is 411 g/mol. The van der Waals surface area contributed by atoms with Crippen LogP contribution < -0.4 is 4.74 Å². The number of unbranched alkanes of at least 4 members (excludes halogenated alkanes) is 1. The Hall–Kier alpha value is -3.26. The third kappa shape index (κ3) is 8.55. The minimum Gasteiger partial charge on any atom is -0.494 e. The normalized spacial score (nSPS) is 10.8. The van der Waals surface area contributed by atoms with E-state index in [4.69, 9.17) is 4.74 Å². The summed E-state index contributed by atoms with van der Waals surface area (Å²) in [6.45, 7) is 6.30. The van der Waals surface area contributed by atoms with E-state index in [0.29, 0.717) is 0 Å². The third-order valence-electron chi connectivity index (χ3n) is 5.12. The van der Waals surface area contributed by atoms with Crippen molar-refractivity contribution in [3.8, 4) is 5.75 Å². The van der Waals surface area contributed by atoms with Crippen LogP contribution in [0.15, 0.2) is 110 Å². The maximum Gasteiger partial charge on any atom is 0.119 e. The first-order valence-corrected chi connectivity index (χ1v) is 11.1. The van der Waals surface area contributed by atoms with Gasteiger partial charge in [0.05, 0.1) is 6.61 Å². The van der Waals surface area contributed by atoms with E-state index >= 15 is 0 Å². The Kier molecular flexibility index (Phi) is 9.49. The quantitative estimate of drug-likeness (QED) is 0.218. The molecule has 0 heterocycles. The zero-order chi connectivity index (χ0) is 21.6. The molecular weight excluding hydrogens is 378 g/mol. The van der Waals surface area contributed by atoms with E-state index < -0.39 is 0 Å². The average Bonchev–Trinajstić information content (AvgIpc) is 2.82. The van der Waals surface area contributed by atoms with Crippen molar-refractivity contribution in [2.24, 2.45) is 0 Å². The van der Waals surface area contributed by atoms with Crippen LogP contribution in [0.5, 0.6) is 5.75 Å². The molecule has 0 N–H and O–H groups in total. The Balaban J connectivity index is 1.51. The molecule has 0 fully saturated rings. The van der Waals surface area contributed by atoms with Crippen molar-refractivity contribution < 1.29 is 4.74 Å². The van der Waals surface area contributed by atoms with Crippen LogP contribution in [0.25, 0.3) is 0 Å². The van der Waals surface area contributed by atoms with Crippen LogP contribution in [0.1, 0.15) is 36.0 Å². The van der Waals surface area contributed by atoms with Gasteiger partial charge in [-0.15, -0.1) is 6.58 Å². The van der Waals surface area contributed by atoms with Gasteiger partial charge in [-0.2, -0.15) is 0 Å². The largest absolute Gasteiger partial charge is 0.494 e. The number of allylic oxidation sites excluding steroid dienone is 2. The highest BCUT2D eigenvalue weighted by Crippen LogP contribution is 2.15. The molecule has 0 radical (unpaired) electrons. The van der Waals surface area contributed by atoms with E-state index in [2.05, 4.69) is 109 Å². The van der Waals surface area contributed by atoms with Crippen molar-refractivity contribution in [2.75, 3.05) is 6.61 Å². The van der Waals surface area contributed by atoms with Crippen LogP contribution in [-0.4, -0.2) is 11.5 Å². The molecule has 3 aromatic rings. The second-order valence-corrected chi connectivity index (χ2v) is 7.72. The molecule has 0 saturated carbocycles. The summed E-state index contributed by atoms with van der Waals surface area (Å²) in [4.78, 5) is 2.38. The number of benzene rings is 3. The number of rotatable bonds is 13. The number of hydrogen-bond acceptors (Lipinski definition) is 2. The van der Waals surface area contributed by atoms with Gasteiger partial charge in [0.2, 0.25) is 0 Å². The van der Waals surface area contributed by atoms with Gasteiger partial charge in [0.25, 0.3) is 0 Å². The molecule has 0 amide bonds. The lowest BCUT2D eigenvalue weighted by Crippen LogP contribution is -2.16. The predicted octanol–water partition coefficient (Wildman–Crippen LogP) is 7.18. The first-order valence-electron chi connectivity index (χ1n) is 11.1. The molecule has 31 heavy (non-hydrogen) atoms. The fraction of sp³-hybridized carbons (Fsp3) is 0.241. The van der Waals surface area contributed by atoms with Crippen LogP contribution in [0.3, 0.4) is 0 Å². The molecule has 0 saturated heterocycles. The summed E-state index contributed by atoms with van der Waals surface area (Å²) in [5.41, 5.74) is 3.99. The highest BCUT2D eigenvalue weighted by molar-refractivity contribution is 5.27. The Bertz CT molecular complexity index is 859.